The van der Waals surface area contributed by atoms with Crippen molar-refractivity contribution >= 4 is 0 Å². The quantitative estimate of drug-likeness (QED) is 0.466. The monoisotopic (exact) mass is 212 g/mol. The molecule has 0 aliphatic heterocycles. The van der Waals surface area contributed by atoms with E-state index in [2.05, 4.69) is 30.1 Å². The number of hydrogen-bond donors (Lipinski definition) is 0. The van der Waals surface area contributed by atoms with Crippen molar-refractivity contribution < 1.29 is 0 Å². The van der Waals surface area contributed by atoms with E-state index in [0.29, 0.717) is 5.92 Å². The van der Waals surface area contributed by atoms with Crippen molar-refractivity contribution in [1.82, 2.24) is 0 Å². The summed E-state index contributed by atoms with van der Waals surface area (Å²) in [5, 5.41) is 0. The molecule has 0 amide bonds. The Labute approximate surface area is 99.8 Å². The fourth-order valence-corrected chi connectivity index (χ4v) is 1.04. The summed E-state index contributed by atoms with van der Waals surface area (Å²) in [6.07, 6.45) is 20.4. The Kier molecular flexibility index (Phi) is 10.1. The summed E-state index contributed by atoms with van der Waals surface area (Å²) < 4.78 is 0. The van der Waals surface area contributed by atoms with Crippen molar-refractivity contribution in [2.45, 2.75) is 20.8 Å². The van der Waals surface area contributed by atoms with Gasteiger partial charge in [-0.05, 0) is 26.8 Å². The highest BCUT2D eigenvalue weighted by atomic mass is 14.0. The van der Waals surface area contributed by atoms with E-state index in [0.717, 1.165) is 0 Å². The zero-order valence-electron chi connectivity index (χ0n) is 10.4. The van der Waals surface area contributed by atoms with Crippen molar-refractivity contribution in [3.63, 3.8) is 0 Å². The molecule has 16 heavy (non-hydrogen) atoms. The van der Waals surface area contributed by atoms with Crippen LogP contribution in [0.4, 0.5) is 0 Å². The third kappa shape index (κ3) is 8.84. The molecule has 0 nitrogen and oxygen atoms in total. The predicted octanol–water partition coefficient (Wildman–Crippen LogP) is 4.45. The van der Waals surface area contributed by atoms with Gasteiger partial charge in [-0.1, -0.05) is 60.6 Å². The summed E-state index contributed by atoms with van der Waals surface area (Å²) in [5.41, 5.74) is 0. The molecule has 0 fully saturated rings. The predicted molar refractivity (Wildman–Crippen MR) is 74.0 cm³/mol. The van der Waals surface area contributed by atoms with Gasteiger partial charge in [0.2, 0.25) is 0 Å². The minimum atomic E-state index is 0.299. The van der Waals surface area contributed by atoms with E-state index in [1.165, 1.54) is 0 Å². The Morgan fingerprint density at radius 1 is 0.812 bits per heavy atom. The second-order valence-corrected chi connectivity index (χ2v) is 3.15. The lowest BCUT2D eigenvalue weighted by Gasteiger charge is -1.97. The summed E-state index contributed by atoms with van der Waals surface area (Å²) in [6, 6.07) is 0. The summed E-state index contributed by atoms with van der Waals surface area (Å²) >= 11 is 0. The smallest absolute Gasteiger partial charge is 0.0142 e. The molecule has 0 bridgehead atoms. The molecule has 0 unspecified atom stereocenters. The summed E-state index contributed by atoms with van der Waals surface area (Å²) in [7, 11) is 0. The van der Waals surface area contributed by atoms with Crippen LogP contribution in [0.1, 0.15) is 20.8 Å². The van der Waals surface area contributed by atoms with E-state index in [4.69, 9.17) is 0 Å². The van der Waals surface area contributed by atoms with Gasteiger partial charge in [0.15, 0.2) is 0 Å². The molecule has 0 aromatic carbocycles. The highest BCUT2D eigenvalue weighted by Crippen LogP contribution is 2.04. The van der Waals surface area contributed by atoms with Gasteiger partial charge in [0.05, 0.1) is 0 Å². The van der Waals surface area contributed by atoms with Crippen LogP contribution in [0.5, 0.6) is 0 Å². The Hall–Kier alpha value is -1.74. The third-order valence-electron chi connectivity index (χ3n) is 1.82. The molecule has 0 heteroatoms. The summed E-state index contributed by atoms with van der Waals surface area (Å²) in [6.45, 7) is 5.85. The zero-order chi connectivity index (χ0) is 12.1. The standard InChI is InChI=1S/C16H20/c1-4-7-10-13-16(14-11-8-5-2)15-12-9-6-3/h4-5,7-8,10-16H,1-3H3. The van der Waals surface area contributed by atoms with Crippen molar-refractivity contribution in [1.29, 1.82) is 0 Å². The topological polar surface area (TPSA) is 0 Å². The average Bonchev–Trinajstić information content (AvgIpc) is 2.29. The van der Waals surface area contributed by atoms with Crippen molar-refractivity contribution in [2.24, 2.45) is 5.92 Å². The van der Waals surface area contributed by atoms with Crippen LogP contribution in [0.25, 0.3) is 0 Å². The normalized spacial score (nSPS) is 14.4. The Morgan fingerprint density at radius 2 is 1.38 bits per heavy atom. The van der Waals surface area contributed by atoms with E-state index >= 15 is 0 Å². The lowest BCUT2D eigenvalue weighted by atomic mass is 10.1. The number of allylic oxidation sites excluding steroid dienone is 10. The maximum atomic E-state index is 2.93. The molecule has 0 heterocycles. The van der Waals surface area contributed by atoms with Gasteiger partial charge < -0.3 is 0 Å². The maximum absolute atomic E-state index is 2.93. The molecule has 0 N–H and O–H groups in total. The lowest BCUT2D eigenvalue weighted by Crippen LogP contribution is -1.84. The van der Waals surface area contributed by atoms with Gasteiger partial charge in [-0.2, -0.15) is 0 Å². The second-order valence-electron chi connectivity index (χ2n) is 3.15. The van der Waals surface area contributed by atoms with E-state index < -0.39 is 0 Å². The first kappa shape index (κ1) is 14.3. The van der Waals surface area contributed by atoms with Gasteiger partial charge in [0, 0.05) is 5.92 Å². The van der Waals surface area contributed by atoms with Crippen LogP contribution in [0.15, 0.2) is 60.8 Å². The molecule has 0 spiro atoms. The fourth-order valence-electron chi connectivity index (χ4n) is 1.04. The molecular formula is C16H20. The van der Waals surface area contributed by atoms with E-state index in [9.17, 15) is 0 Å². The van der Waals surface area contributed by atoms with E-state index in [-0.39, 0.29) is 0 Å². The second kappa shape index (κ2) is 11.3. The molecule has 0 atom stereocenters. The first-order chi connectivity index (χ1) is 7.85. The van der Waals surface area contributed by atoms with Gasteiger partial charge in [-0.15, -0.1) is 5.92 Å². The largest absolute Gasteiger partial charge is 0.102 e. The zero-order valence-corrected chi connectivity index (χ0v) is 10.4. The molecule has 0 radical (unpaired) electrons. The van der Waals surface area contributed by atoms with Crippen LogP contribution in [0.2, 0.25) is 0 Å². The Balaban J connectivity index is 4.53. The molecular weight excluding hydrogens is 192 g/mol. The number of rotatable bonds is 5. The van der Waals surface area contributed by atoms with Crippen molar-refractivity contribution in [2.75, 3.05) is 0 Å². The van der Waals surface area contributed by atoms with Crippen LogP contribution < -0.4 is 0 Å². The average molecular weight is 212 g/mol. The maximum Gasteiger partial charge on any atom is 0.0142 e. The van der Waals surface area contributed by atoms with Gasteiger partial charge in [-0.3, -0.25) is 0 Å². The van der Waals surface area contributed by atoms with Crippen molar-refractivity contribution in [3.05, 3.63) is 60.8 Å². The highest BCUT2D eigenvalue weighted by Gasteiger charge is 1.90. The summed E-state index contributed by atoms with van der Waals surface area (Å²) in [4.78, 5) is 0. The minimum Gasteiger partial charge on any atom is -0.102 e. The fraction of sp³-hybridized carbons (Fsp3) is 0.250. The first-order valence-electron chi connectivity index (χ1n) is 5.53. The van der Waals surface area contributed by atoms with Crippen LogP contribution in [-0.4, -0.2) is 0 Å². The molecule has 0 aliphatic carbocycles. The summed E-state index contributed by atoms with van der Waals surface area (Å²) in [5.74, 6) is 6.07. The van der Waals surface area contributed by atoms with E-state index in [1.807, 2.05) is 63.3 Å². The molecule has 0 saturated carbocycles. The van der Waals surface area contributed by atoms with Crippen LogP contribution in [-0.2, 0) is 0 Å². The molecule has 0 aromatic heterocycles. The Bertz CT molecular complexity index is 329. The molecule has 84 valence electrons. The van der Waals surface area contributed by atoms with Gasteiger partial charge >= 0.3 is 0 Å². The van der Waals surface area contributed by atoms with Gasteiger partial charge in [0.1, 0.15) is 0 Å². The minimum absolute atomic E-state index is 0.299. The SMILES string of the molecule is CC#CC=CC(C=CC=CC)C=CC=CC. The van der Waals surface area contributed by atoms with E-state index in [1.54, 1.807) is 0 Å². The molecule has 0 rings (SSSR count). The van der Waals surface area contributed by atoms with Crippen molar-refractivity contribution in [3.8, 4) is 11.8 Å². The molecule has 0 aromatic rings. The first-order valence-corrected chi connectivity index (χ1v) is 5.53. The van der Waals surface area contributed by atoms with Crippen LogP contribution in [0, 0.1) is 17.8 Å². The molecule has 0 saturated heterocycles. The van der Waals surface area contributed by atoms with Gasteiger partial charge in [-0.25, -0.2) is 0 Å². The third-order valence-corrected chi connectivity index (χ3v) is 1.82. The highest BCUT2D eigenvalue weighted by molar-refractivity contribution is 5.22. The van der Waals surface area contributed by atoms with Crippen LogP contribution in [0.3, 0.4) is 0 Å². The molecule has 0 aliphatic rings. The Morgan fingerprint density at radius 3 is 1.81 bits per heavy atom. The lowest BCUT2D eigenvalue weighted by molar-refractivity contribution is 1.07. The van der Waals surface area contributed by atoms with Gasteiger partial charge in [0.25, 0.3) is 0 Å². The van der Waals surface area contributed by atoms with Crippen LogP contribution >= 0.6 is 0 Å². The number of hydrogen-bond acceptors (Lipinski definition) is 0.